The van der Waals surface area contributed by atoms with E-state index in [1.165, 1.54) is 0 Å². The second kappa shape index (κ2) is 13.9. The predicted octanol–water partition coefficient (Wildman–Crippen LogP) is 9.48. The molecule has 3 aromatic carbocycles. The first-order chi connectivity index (χ1) is 17.8. The molecule has 0 aliphatic carbocycles. The fourth-order valence-corrected chi connectivity index (χ4v) is 4.08. The Morgan fingerprint density at radius 3 is 1.69 bits per heavy atom. The molecule has 0 aromatic heterocycles. The van der Waals surface area contributed by atoms with E-state index in [-0.39, 0.29) is 39.0 Å². The van der Waals surface area contributed by atoms with E-state index in [0.29, 0.717) is 25.2 Å². The molecule has 0 fully saturated rings. The van der Waals surface area contributed by atoms with Gasteiger partial charge in [-0.15, -0.1) is 29.8 Å². The fourth-order valence-electron chi connectivity index (χ4n) is 4.08. The average molecular weight is 556 g/mol. The van der Waals surface area contributed by atoms with Crippen molar-refractivity contribution in [3.8, 4) is 0 Å². The largest absolute Gasteiger partial charge is 2.00 e. The molecule has 0 spiro atoms. The van der Waals surface area contributed by atoms with E-state index in [4.69, 9.17) is 0 Å². The Hall–Kier alpha value is -2.93. The summed E-state index contributed by atoms with van der Waals surface area (Å²) in [7, 11) is 0. The third-order valence-corrected chi connectivity index (χ3v) is 6.50. The minimum absolute atomic E-state index is 0. The molecule has 0 saturated carbocycles. The Balaban J connectivity index is 0.000000382. The zero-order chi connectivity index (χ0) is 29.1. The van der Waals surface area contributed by atoms with Crippen LogP contribution in [-0.2, 0) is 6.42 Å². The van der Waals surface area contributed by atoms with Gasteiger partial charge in [0, 0.05) is 5.56 Å². The van der Waals surface area contributed by atoms with E-state index in [9.17, 15) is 39.5 Å². The summed E-state index contributed by atoms with van der Waals surface area (Å²) in [4.78, 5) is 0. The topological polar surface area (TPSA) is 0 Å². The maximum Gasteiger partial charge on any atom is 2.00 e. The molecule has 0 amide bonds. The summed E-state index contributed by atoms with van der Waals surface area (Å²) >= 11 is 0. The van der Waals surface area contributed by atoms with Crippen LogP contribution in [0.2, 0.25) is 0 Å². The zero-order valence-electron chi connectivity index (χ0n) is 22.3. The Kier molecular flexibility index (Phi) is 12.2. The van der Waals surface area contributed by atoms with E-state index in [1.807, 2.05) is 13.0 Å². The Morgan fingerprint density at radius 1 is 0.744 bits per heavy atom. The molecule has 0 N–H and O–H groups in total. The maximum atomic E-state index is 14.1. The predicted molar refractivity (Wildman–Crippen MR) is 136 cm³/mol. The van der Waals surface area contributed by atoms with E-state index < -0.39 is 68.9 Å². The van der Waals surface area contributed by atoms with Crippen molar-refractivity contribution < 1.29 is 39.5 Å². The van der Waals surface area contributed by atoms with Gasteiger partial charge in [-0.25, -0.2) is 26.3 Å². The van der Waals surface area contributed by atoms with E-state index >= 15 is 0 Å². The van der Waals surface area contributed by atoms with Gasteiger partial charge in [0.1, 0.15) is 11.6 Å². The van der Waals surface area contributed by atoms with Crippen LogP contribution in [0.15, 0.2) is 6.58 Å². The summed E-state index contributed by atoms with van der Waals surface area (Å²) in [5.74, 6) is -12.8. The molecule has 0 aliphatic heterocycles. The smallest absolute Gasteiger partial charge is 0.281 e. The monoisotopic (exact) mass is 555 g/mol. The van der Waals surface area contributed by atoms with Crippen LogP contribution in [0, 0.1) is 77.2 Å². The Morgan fingerprint density at radius 2 is 1.26 bits per heavy atom. The van der Waals surface area contributed by atoms with Gasteiger partial charge in [0.15, 0.2) is 17.5 Å². The van der Waals surface area contributed by atoms with Gasteiger partial charge in [-0.2, -0.15) is 5.92 Å². The molecule has 10 heteroatoms. The van der Waals surface area contributed by atoms with Gasteiger partial charge in [-0.05, 0) is 30.2 Å². The van der Waals surface area contributed by atoms with E-state index in [2.05, 4.69) is 6.58 Å². The van der Waals surface area contributed by atoms with Gasteiger partial charge >= 0.3 is 10.1 Å². The summed E-state index contributed by atoms with van der Waals surface area (Å²) in [6.07, 6.45) is 2.46. The standard InChI is InChI=1S/C16H21F4.C13H6F5.Be/c1-5-9(4)8-11-13(17)15(19)12(10(6-2)7-3)16(20)14(11)18;1-3-6-4-7(14)11(16)9-8(6)5(2)10(15)13(18)12(9)17;/h9H,5-8H2,1-4H3;3H,1H2,2H3;/q2*-1;+2. The van der Waals surface area contributed by atoms with Gasteiger partial charge < -0.3 is 0 Å². The molecule has 0 heterocycles. The SMILES string of the molecule is C=Cc1[c-]c(F)c(F)c2c(F)c(F)c(F)c(C)c12.CC[C-](CC)c1c(F)c(F)c(CC(C)CC)c(F)c1F.[Be+2]. The molecular formula is C29H27BeF9. The molecule has 39 heavy (non-hydrogen) atoms. The fraction of sp³-hybridized carbons (Fsp3) is 0.345. The number of hydrogen-bond acceptors (Lipinski definition) is 0. The molecule has 208 valence electrons. The molecule has 0 aliphatic rings. The van der Waals surface area contributed by atoms with Crippen molar-refractivity contribution >= 4 is 27.0 Å². The van der Waals surface area contributed by atoms with Crippen LogP contribution in [0.25, 0.3) is 16.8 Å². The Labute approximate surface area is 226 Å². The van der Waals surface area contributed by atoms with Gasteiger partial charge in [-0.3, -0.25) is 13.2 Å². The van der Waals surface area contributed by atoms with Crippen LogP contribution in [0.3, 0.4) is 0 Å². The summed E-state index contributed by atoms with van der Waals surface area (Å²) in [5, 5.41) is -1.21. The molecule has 3 rings (SSSR count). The first-order valence-corrected chi connectivity index (χ1v) is 12.0. The third kappa shape index (κ3) is 6.46. The van der Waals surface area contributed by atoms with Crippen molar-refractivity contribution in [1.82, 2.24) is 0 Å². The molecule has 3 aromatic rings. The quantitative estimate of drug-likeness (QED) is 0.0896. The number of benzene rings is 3. The summed E-state index contributed by atoms with van der Waals surface area (Å²) < 4.78 is 123. The van der Waals surface area contributed by atoms with Crippen molar-refractivity contribution in [1.29, 1.82) is 0 Å². The minimum atomic E-state index is -1.83. The molecule has 1 atom stereocenters. The number of halogens is 9. The van der Waals surface area contributed by atoms with Crippen LogP contribution in [-0.4, -0.2) is 10.1 Å². The molecule has 0 radical (unpaired) electrons. The van der Waals surface area contributed by atoms with E-state index in [0.717, 1.165) is 13.0 Å². The Bertz CT molecular complexity index is 1320. The van der Waals surface area contributed by atoms with E-state index in [1.54, 1.807) is 20.8 Å². The number of aryl methyl sites for hydroxylation is 1. The van der Waals surface area contributed by atoms with Gasteiger partial charge in [0.2, 0.25) is 0 Å². The van der Waals surface area contributed by atoms with Gasteiger partial charge in [0.25, 0.3) is 0 Å². The van der Waals surface area contributed by atoms with Crippen molar-refractivity contribution in [2.75, 3.05) is 0 Å². The molecule has 0 saturated heterocycles. The van der Waals surface area contributed by atoms with Gasteiger partial charge in [-0.1, -0.05) is 52.3 Å². The average Bonchev–Trinajstić information content (AvgIpc) is 2.91. The normalized spacial score (nSPS) is 11.5. The van der Waals surface area contributed by atoms with Crippen molar-refractivity contribution in [3.63, 3.8) is 0 Å². The first kappa shape index (κ1) is 34.1. The molecule has 0 nitrogen and oxygen atoms in total. The summed E-state index contributed by atoms with van der Waals surface area (Å²) in [6, 6.07) is 1.97. The van der Waals surface area contributed by atoms with Crippen LogP contribution >= 0.6 is 0 Å². The zero-order valence-corrected chi connectivity index (χ0v) is 22.3. The second-order valence-corrected chi connectivity index (χ2v) is 8.83. The number of hydrogen-bond donors (Lipinski definition) is 0. The molecule has 0 bridgehead atoms. The van der Waals surface area contributed by atoms with Crippen molar-refractivity contribution in [2.45, 2.75) is 60.3 Å². The van der Waals surface area contributed by atoms with Crippen LogP contribution in [0.4, 0.5) is 39.5 Å². The third-order valence-electron chi connectivity index (χ3n) is 6.50. The van der Waals surface area contributed by atoms with Crippen LogP contribution < -0.4 is 0 Å². The van der Waals surface area contributed by atoms with Crippen LogP contribution in [0.1, 0.15) is 69.2 Å². The van der Waals surface area contributed by atoms with Crippen molar-refractivity contribution in [3.05, 3.63) is 93.2 Å². The molecular weight excluding hydrogens is 528 g/mol. The van der Waals surface area contributed by atoms with Crippen molar-refractivity contribution in [2.24, 2.45) is 5.92 Å². The minimum Gasteiger partial charge on any atom is -0.281 e. The summed E-state index contributed by atoms with van der Waals surface area (Å²) in [6.45, 7) is 11.5. The molecule has 1 unspecified atom stereocenters. The summed E-state index contributed by atoms with van der Waals surface area (Å²) in [5.41, 5.74) is -1.46. The van der Waals surface area contributed by atoms with Crippen LogP contribution in [0.5, 0.6) is 0 Å². The van der Waals surface area contributed by atoms with Gasteiger partial charge in [0.05, 0.1) is 23.3 Å². The second-order valence-electron chi connectivity index (χ2n) is 8.83. The number of fused-ring (bicyclic) bond motifs is 1. The first-order valence-electron chi connectivity index (χ1n) is 12.0. The number of rotatable bonds is 7. The maximum absolute atomic E-state index is 14.1.